The Hall–Kier alpha value is -3.28. The van der Waals surface area contributed by atoms with Crippen molar-refractivity contribution in [2.24, 2.45) is 0 Å². The number of nitrogens with two attached hydrogens (primary N) is 1. The summed E-state index contributed by atoms with van der Waals surface area (Å²) in [7, 11) is 4.11. The highest BCUT2D eigenvalue weighted by Gasteiger charge is 2.24. The summed E-state index contributed by atoms with van der Waals surface area (Å²) in [5.74, 6) is 0.826. The first-order chi connectivity index (χ1) is 14.9. The molecule has 0 aliphatic heterocycles. The zero-order valence-electron chi connectivity index (χ0n) is 18.5. The van der Waals surface area contributed by atoms with Gasteiger partial charge in [0.15, 0.2) is 0 Å². The number of anilines is 3. The monoisotopic (exact) mass is 417 g/mol. The van der Waals surface area contributed by atoms with Gasteiger partial charge in [0.05, 0.1) is 11.1 Å². The number of aryl methyl sites for hydroxylation is 1. The number of benzene rings is 2. The minimum Gasteiger partial charge on any atom is -0.398 e. The third-order valence-corrected chi connectivity index (χ3v) is 6.16. The molecule has 1 aromatic heterocycles. The molecule has 1 aliphatic carbocycles. The average molecular weight is 418 g/mol. The summed E-state index contributed by atoms with van der Waals surface area (Å²) in [6.07, 6.45) is 3.84. The lowest BCUT2D eigenvalue weighted by molar-refractivity contribution is 0.0927. The number of fused-ring (bicyclic) bond motifs is 1. The third kappa shape index (κ3) is 4.58. The zero-order valence-corrected chi connectivity index (χ0v) is 18.5. The first-order valence-corrected chi connectivity index (χ1v) is 10.9. The molecule has 6 heteroatoms. The van der Waals surface area contributed by atoms with Crippen LogP contribution >= 0.6 is 0 Å². The normalized spacial score (nSPS) is 18.5. The van der Waals surface area contributed by atoms with Gasteiger partial charge in [0.2, 0.25) is 0 Å². The summed E-state index contributed by atoms with van der Waals surface area (Å²) in [5.41, 5.74) is 10.3. The van der Waals surface area contributed by atoms with Crippen LogP contribution in [0.5, 0.6) is 0 Å². The molecule has 1 fully saturated rings. The van der Waals surface area contributed by atoms with Crippen molar-refractivity contribution in [3.8, 4) is 0 Å². The number of nitrogens with one attached hydrogen (secondary N) is 2. The lowest BCUT2D eigenvalue weighted by Gasteiger charge is -2.30. The van der Waals surface area contributed by atoms with E-state index in [0.717, 1.165) is 53.7 Å². The van der Waals surface area contributed by atoms with Gasteiger partial charge in [-0.2, -0.15) is 0 Å². The SMILES string of the molecule is Cc1cccc(C(=O)N[C@H]2CC[C@@H](Nc3cc(N(C)C)c4ccccc4n3)CC2)c1N. The molecule has 1 amide bonds. The van der Waals surface area contributed by atoms with Crippen LogP contribution in [0, 0.1) is 6.92 Å². The number of nitrogens with zero attached hydrogens (tertiary/aromatic N) is 2. The van der Waals surface area contributed by atoms with Crippen LogP contribution in [0.3, 0.4) is 0 Å². The van der Waals surface area contributed by atoms with Crippen molar-refractivity contribution in [2.75, 3.05) is 30.0 Å². The van der Waals surface area contributed by atoms with E-state index in [1.54, 1.807) is 6.07 Å². The van der Waals surface area contributed by atoms with Gasteiger partial charge in [-0.05, 0) is 50.3 Å². The van der Waals surface area contributed by atoms with Crippen molar-refractivity contribution >= 4 is 34.0 Å². The molecule has 0 radical (unpaired) electrons. The number of aromatic nitrogens is 1. The molecule has 1 heterocycles. The zero-order chi connectivity index (χ0) is 22.0. The van der Waals surface area contributed by atoms with Gasteiger partial charge in [0.1, 0.15) is 5.82 Å². The highest BCUT2D eigenvalue weighted by Crippen LogP contribution is 2.29. The number of hydrogen-bond acceptors (Lipinski definition) is 5. The van der Waals surface area contributed by atoms with Gasteiger partial charge in [-0.25, -0.2) is 4.98 Å². The number of nitrogen functional groups attached to an aromatic ring is 1. The van der Waals surface area contributed by atoms with Gasteiger partial charge in [-0.3, -0.25) is 4.79 Å². The van der Waals surface area contributed by atoms with Gasteiger partial charge >= 0.3 is 0 Å². The number of pyridine rings is 1. The first kappa shape index (κ1) is 21.0. The Morgan fingerprint density at radius 1 is 1.03 bits per heavy atom. The molecular formula is C25H31N5O. The predicted octanol–water partition coefficient (Wildman–Crippen LogP) is 4.34. The fourth-order valence-electron chi connectivity index (χ4n) is 4.33. The van der Waals surface area contributed by atoms with Crippen molar-refractivity contribution in [3.63, 3.8) is 0 Å². The first-order valence-electron chi connectivity index (χ1n) is 10.9. The molecule has 4 N–H and O–H groups in total. The van der Waals surface area contributed by atoms with Crippen LogP contribution in [-0.4, -0.2) is 37.1 Å². The Morgan fingerprint density at radius 3 is 2.48 bits per heavy atom. The van der Waals surface area contributed by atoms with Crippen molar-refractivity contribution in [2.45, 2.75) is 44.7 Å². The molecule has 3 aromatic rings. The van der Waals surface area contributed by atoms with Gasteiger partial charge < -0.3 is 21.3 Å². The standard InChI is InChI=1S/C25H31N5O/c1-16-7-6-9-20(24(16)26)25(31)28-18-13-11-17(12-14-18)27-23-15-22(30(2)3)19-8-4-5-10-21(19)29-23/h4-10,15,17-18H,11-14,26H2,1-3H3,(H,27,29)(H,28,31)/t17-,18+. The maximum absolute atomic E-state index is 12.7. The third-order valence-electron chi connectivity index (χ3n) is 6.16. The number of para-hydroxylation sites is 2. The summed E-state index contributed by atoms with van der Waals surface area (Å²) in [5, 5.41) is 7.94. The molecule has 0 unspecified atom stereocenters. The number of hydrogen-bond donors (Lipinski definition) is 3. The number of rotatable bonds is 5. The molecule has 0 saturated heterocycles. The fraction of sp³-hybridized carbons (Fsp3) is 0.360. The predicted molar refractivity (Wildman–Crippen MR) is 129 cm³/mol. The fourth-order valence-corrected chi connectivity index (χ4v) is 4.33. The van der Waals surface area contributed by atoms with E-state index in [2.05, 4.69) is 47.8 Å². The van der Waals surface area contributed by atoms with Crippen LogP contribution in [0.2, 0.25) is 0 Å². The highest BCUT2D eigenvalue weighted by atomic mass is 16.1. The molecule has 0 spiro atoms. The lowest BCUT2D eigenvalue weighted by atomic mass is 9.91. The van der Waals surface area contributed by atoms with E-state index in [9.17, 15) is 4.79 Å². The Morgan fingerprint density at radius 2 is 1.74 bits per heavy atom. The van der Waals surface area contributed by atoms with E-state index < -0.39 is 0 Å². The number of carbonyl (C=O) groups excluding carboxylic acids is 1. The van der Waals surface area contributed by atoms with E-state index >= 15 is 0 Å². The maximum atomic E-state index is 12.7. The topological polar surface area (TPSA) is 83.3 Å². The summed E-state index contributed by atoms with van der Waals surface area (Å²) in [6.45, 7) is 1.92. The molecule has 0 bridgehead atoms. The van der Waals surface area contributed by atoms with Crippen LogP contribution in [0.15, 0.2) is 48.5 Å². The van der Waals surface area contributed by atoms with E-state index in [4.69, 9.17) is 10.7 Å². The van der Waals surface area contributed by atoms with Crippen LogP contribution < -0.4 is 21.3 Å². The van der Waals surface area contributed by atoms with E-state index in [-0.39, 0.29) is 11.9 Å². The van der Waals surface area contributed by atoms with E-state index in [1.807, 2.05) is 31.2 Å². The Balaban J connectivity index is 1.38. The highest BCUT2D eigenvalue weighted by molar-refractivity contribution is 5.99. The molecule has 1 saturated carbocycles. The lowest BCUT2D eigenvalue weighted by Crippen LogP contribution is -2.40. The van der Waals surface area contributed by atoms with Crippen LogP contribution in [-0.2, 0) is 0 Å². The van der Waals surface area contributed by atoms with E-state index in [1.165, 1.54) is 0 Å². The Bertz CT molecular complexity index is 1090. The van der Waals surface area contributed by atoms with Crippen LogP contribution in [0.1, 0.15) is 41.6 Å². The Labute approximate surface area is 183 Å². The van der Waals surface area contributed by atoms with Crippen molar-refractivity contribution in [3.05, 3.63) is 59.7 Å². The molecule has 6 nitrogen and oxygen atoms in total. The minimum atomic E-state index is -0.0792. The second-order valence-corrected chi connectivity index (χ2v) is 8.64. The van der Waals surface area contributed by atoms with Gasteiger partial charge in [-0.1, -0.05) is 30.3 Å². The molecule has 2 aromatic carbocycles. The molecular weight excluding hydrogens is 386 g/mol. The summed E-state index contributed by atoms with van der Waals surface area (Å²) in [6, 6.07) is 16.5. The van der Waals surface area contributed by atoms with Crippen LogP contribution in [0.4, 0.5) is 17.2 Å². The smallest absolute Gasteiger partial charge is 0.253 e. The largest absolute Gasteiger partial charge is 0.398 e. The summed E-state index contributed by atoms with van der Waals surface area (Å²) < 4.78 is 0. The van der Waals surface area contributed by atoms with Crippen molar-refractivity contribution < 1.29 is 4.79 Å². The van der Waals surface area contributed by atoms with Crippen molar-refractivity contribution in [1.29, 1.82) is 0 Å². The molecule has 31 heavy (non-hydrogen) atoms. The van der Waals surface area contributed by atoms with Gasteiger partial charge in [-0.15, -0.1) is 0 Å². The van der Waals surface area contributed by atoms with Gasteiger partial charge in [0.25, 0.3) is 5.91 Å². The van der Waals surface area contributed by atoms with E-state index in [0.29, 0.717) is 17.3 Å². The summed E-state index contributed by atoms with van der Waals surface area (Å²) >= 11 is 0. The quantitative estimate of drug-likeness (QED) is 0.538. The van der Waals surface area contributed by atoms with Crippen LogP contribution in [0.25, 0.3) is 10.9 Å². The van der Waals surface area contributed by atoms with Crippen molar-refractivity contribution in [1.82, 2.24) is 10.3 Å². The number of amides is 1. The molecule has 1 aliphatic rings. The Kier molecular flexibility index (Phi) is 5.98. The molecule has 162 valence electrons. The molecule has 0 atom stereocenters. The second-order valence-electron chi connectivity index (χ2n) is 8.64. The molecule has 4 rings (SSSR count). The second kappa shape index (κ2) is 8.84. The van der Waals surface area contributed by atoms with Gasteiger partial charge in [0, 0.05) is 49.0 Å². The maximum Gasteiger partial charge on any atom is 0.253 e. The number of carbonyl (C=O) groups is 1. The minimum absolute atomic E-state index is 0.0792. The summed E-state index contributed by atoms with van der Waals surface area (Å²) in [4.78, 5) is 19.6. The average Bonchev–Trinajstić information content (AvgIpc) is 2.76.